The molecule has 1 aromatic heterocycles. The van der Waals surface area contributed by atoms with Crippen LogP contribution in [0.2, 0.25) is 5.02 Å². The molecule has 1 aliphatic heterocycles. The SMILES string of the molecule is COc1ccc(N(C(=O)CNC(=O)c2cccs2)C(C(=O)NCC2CCCO2)c2ccccc2)cc1Cl. The number of nitrogens with one attached hydrogen (secondary N) is 2. The molecule has 2 aromatic carbocycles. The minimum Gasteiger partial charge on any atom is -0.495 e. The van der Waals surface area contributed by atoms with Crippen LogP contribution < -0.4 is 20.3 Å². The Labute approximate surface area is 224 Å². The number of ether oxygens (including phenoxy) is 2. The highest BCUT2D eigenvalue weighted by molar-refractivity contribution is 7.12. The van der Waals surface area contributed by atoms with E-state index in [0.29, 0.717) is 35.0 Å². The van der Waals surface area contributed by atoms with Crippen molar-refractivity contribution >= 4 is 46.3 Å². The third-order valence-electron chi connectivity index (χ3n) is 5.98. The average molecular weight is 542 g/mol. The van der Waals surface area contributed by atoms with Crippen molar-refractivity contribution < 1.29 is 23.9 Å². The zero-order valence-electron chi connectivity index (χ0n) is 20.3. The van der Waals surface area contributed by atoms with Crippen molar-refractivity contribution in [2.24, 2.45) is 0 Å². The molecule has 2 unspecified atom stereocenters. The second-order valence-electron chi connectivity index (χ2n) is 8.44. The van der Waals surface area contributed by atoms with Gasteiger partial charge in [0.25, 0.3) is 5.91 Å². The van der Waals surface area contributed by atoms with Crippen LogP contribution in [0.4, 0.5) is 5.69 Å². The van der Waals surface area contributed by atoms with Crippen LogP contribution in [-0.4, -0.2) is 50.6 Å². The predicted molar refractivity (Wildman–Crippen MR) is 143 cm³/mol. The van der Waals surface area contributed by atoms with Crippen LogP contribution in [0.3, 0.4) is 0 Å². The quantitative estimate of drug-likeness (QED) is 0.401. The summed E-state index contributed by atoms with van der Waals surface area (Å²) < 4.78 is 10.9. The van der Waals surface area contributed by atoms with Gasteiger partial charge in [0, 0.05) is 18.8 Å². The second-order valence-corrected chi connectivity index (χ2v) is 9.79. The van der Waals surface area contributed by atoms with E-state index < -0.39 is 11.9 Å². The van der Waals surface area contributed by atoms with Gasteiger partial charge in [0.2, 0.25) is 11.8 Å². The number of anilines is 1. The maximum Gasteiger partial charge on any atom is 0.261 e. The molecule has 1 fully saturated rings. The van der Waals surface area contributed by atoms with Gasteiger partial charge in [0.15, 0.2) is 0 Å². The summed E-state index contributed by atoms with van der Waals surface area (Å²) in [6.45, 7) is 0.687. The Balaban J connectivity index is 1.66. The van der Waals surface area contributed by atoms with E-state index in [9.17, 15) is 14.4 Å². The predicted octanol–water partition coefficient (Wildman–Crippen LogP) is 4.21. The maximum absolute atomic E-state index is 13.7. The number of methoxy groups -OCH3 is 1. The van der Waals surface area contributed by atoms with E-state index >= 15 is 0 Å². The maximum atomic E-state index is 13.7. The Morgan fingerprint density at radius 1 is 1.14 bits per heavy atom. The fourth-order valence-electron chi connectivity index (χ4n) is 4.15. The second kappa shape index (κ2) is 12.7. The number of hydrogen-bond donors (Lipinski definition) is 2. The molecule has 194 valence electrons. The molecule has 0 spiro atoms. The lowest BCUT2D eigenvalue weighted by Gasteiger charge is -2.32. The van der Waals surface area contributed by atoms with Crippen LogP contribution in [0.1, 0.15) is 34.1 Å². The van der Waals surface area contributed by atoms with Gasteiger partial charge in [-0.1, -0.05) is 48.0 Å². The number of carbonyl (C=O) groups is 3. The molecule has 37 heavy (non-hydrogen) atoms. The number of nitrogens with zero attached hydrogens (tertiary/aromatic N) is 1. The third-order valence-corrected chi connectivity index (χ3v) is 7.14. The minimum atomic E-state index is -1.02. The molecule has 0 aliphatic carbocycles. The molecule has 2 heterocycles. The van der Waals surface area contributed by atoms with E-state index in [1.165, 1.54) is 23.3 Å². The molecule has 0 saturated carbocycles. The van der Waals surface area contributed by atoms with Gasteiger partial charge in [0.1, 0.15) is 11.8 Å². The molecule has 0 radical (unpaired) electrons. The molecule has 4 rings (SSSR count). The molecular formula is C27H28ClN3O5S. The molecule has 10 heteroatoms. The average Bonchev–Trinajstić information content (AvgIpc) is 3.64. The fraction of sp³-hybridized carbons (Fsp3) is 0.296. The van der Waals surface area contributed by atoms with Gasteiger partial charge in [-0.15, -0.1) is 11.3 Å². The van der Waals surface area contributed by atoms with Crippen molar-refractivity contribution in [3.63, 3.8) is 0 Å². The van der Waals surface area contributed by atoms with Crippen LogP contribution >= 0.6 is 22.9 Å². The Morgan fingerprint density at radius 2 is 1.95 bits per heavy atom. The first-order chi connectivity index (χ1) is 18.0. The first-order valence-corrected chi connectivity index (χ1v) is 13.1. The van der Waals surface area contributed by atoms with Gasteiger partial charge >= 0.3 is 0 Å². The Bertz CT molecular complexity index is 1220. The highest BCUT2D eigenvalue weighted by Crippen LogP contribution is 2.34. The zero-order valence-corrected chi connectivity index (χ0v) is 21.9. The lowest BCUT2D eigenvalue weighted by atomic mass is 10.0. The van der Waals surface area contributed by atoms with Crippen LogP contribution in [-0.2, 0) is 14.3 Å². The van der Waals surface area contributed by atoms with Crippen molar-refractivity contribution in [2.75, 3.05) is 31.7 Å². The van der Waals surface area contributed by atoms with Gasteiger partial charge < -0.3 is 20.1 Å². The summed E-state index contributed by atoms with van der Waals surface area (Å²) >= 11 is 7.68. The van der Waals surface area contributed by atoms with Crippen LogP contribution in [0.15, 0.2) is 66.0 Å². The lowest BCUT2D eigenvalue weighted by Crippen LogP contribution is -2.48. The van der Waals surface area contributed by atoms with Crippen LogP contribution in [0.25, 0.3) is 0 Å². The monoisotopic (exact) mass is 541 g/mol. The van der Waals surface area contributed by atoms with Crippen molar-refractivity contribution in [3.8, 4) is 5.75 Å². The summed E-state index contributed by atoms with van der Waals surface area (Å²) in [5, 5.41) is 7.68. The van der Waals surface area contributed by atoms with Gasteiger partial charge in [-0.05, 0) is 48.1 Å². The molecule has 1 aliphatic rings. The summed E-state index contributed by atoms with van der Waals surface area (Å²) in [6.07, 6.45) is 1.74. The van der Waals surface area contributed by atoms with E-state index in [1.807, 2.05) is 6.07 Å². The highest BCUT2D eigenvalue weighted by atomic mass is 35.5. The summed E-state index contributed by atoms with van der Waals surface area (Å²) in [4.78, 5) is 41.7. The first kappa shape index (κ1) is 26.7. The summed E-state index contributed by atoms with van der Waals surface area (Å²) in [6, 6.07) is 16.3. The standard InChI is InChI=1S/C27H28ClN3O5S/c1-35-22-12-11-19(15-21(22)28)31(24(32)17-30-26(33)23-10-6-14-37-23)25(18-7-3-2-4-8-18)27(34)29-16-20-9-5-13-36-20/h2-4,6-8,10-12,14-15,20,25H,5,9,13,16-17H2,1H3,(H,29,34)(H,30,33). The summed E-state index contributed by atoms with van der Waals surface area (Å²) in [5.74, 6) is -0.781. The smallest absolute Gasteiger partial charge is 0.261 e. The first-order valence-electron chi connectivity index (χ1n) is 11.9. The Morgan fingerprint density at radius 3 is 2.59 bits per heavy atom. The zero-order chi connectivity index (χ0) is 26.2. The van der Waals surface area contributed by atoms with Gasteiger partial charge in [0.05, 0.1) is 29.7 Å². The van der Waals surface area contributed by atoms with Crippen molar-refractivity contribution in [3.05, 3.63) is 81.5 Å². The van der Waals surface area contributed by atoms with Gasteiger partial charge in [-0.2, -0.15) is 0 Å². The molecule has 2 atom stereocenters. The van der Waals surface area contributed by atoms with E-state index in [4.69, 9.17) is 21.1 Å². The van der Waals surface area contributed by atoms with Crippen molar-refractivity contribution in [1.82, 2.24) is 10.6 Å². The fourth-order valence-corrected chi connectivity index (χ4v) is 5.04. The Hall–Kier alpha value is -3.40. The molecule has 1 saturated heterocycles. The van der Waals surface area contributed by atoms with Crippen molar-refractivity contribution in [1.29, 1.82) is 0 Å². The van der Waals surface area contributed by atoms with E-state index in [1.54, 1.807) is 60.0 Å². The molecule has 3 amide bonds. The summed E-state index contributed by atoms with van der Waals surface area (Å²) in [5.41, 5.74) is 1.000. The number of thiophene rings is 1. The largest absolute Gasteiger partial charge is 0.495 e. The molecule has 0 bridgehead atoms. The molecular weight excluding hydrogens is 514 g/mol. The lowest BCUT2D eigenvalue weighted by molar-refractivity contribution is -0.126. The number of amides is 3. The van der Waals surface area contributed by atoms with Crippen LogP contribution in [0, 0.1) is 0 Å². The van der Waals surface area contributed by atoms with Gasteiger partial charge in [-0.25, -0.2) is 0 Å². The third kappa shape index (κ3) is 6.68. The number of hydrogen-bond acceptors (Lipinski definition) is 6. The number of carbonyl (C=O) groups excluding carboxylic acids is 3. The van der Waals surface area contributed by atoms with E-state index in [0.717, 1.165) is 12.8 Å². The summed E-state index contributed by atoms with van der Waals surface area (Å²) in [7, 11) is 1.50. The minimum absolute atomic E-state index is 0.0648. The molecule has 8 nitrogen and oxygen atoms in total. The highest BCUT2D eigenvalue weighted by Gasteiger charge is 2.34. The normalized spacial score (nSPS) is 15.6. The van der Waals surface area contributed by atoms with E-state index in [2.05, 4.69) is 10.6 Å². The number of halogens is 1. The Kier molecular flexibility index (Phi) is 9.16. The molecule has 2 N–H and O–H groups in total. The van der Waals surface area contributed by atoms with E-state index in [-0.39, 0.29) is 29.5 Å². The van der Waals surface area contributed by atoms with Crippen molar-refractivity contribution in [2.45, 2.75) is 25.0 Å². The topological polar surface area (TPSA) is 97.0 Å². The van der Waals surface area contributed by atoms with Gasteiger partial charge in [-0.3, -0.25) is 19.3 Å². The number of benzene rings is 2. The molecule has 3 aromatic rings. The van der Waals surface area contributed by atoms with Crippen LogP contribution in [0.5, 0.6) is 5.75 Å². The number of rotatable bonds is 10.